The maximum absolute atomic E-state index is 12.2. The molecule has 1 saturated heterocycles. The second-order valence-corrected chi connectivity index (χ2v) is 6.90. The molecule has 1 aromatic carbocycles. The van der Waals surface area contributed by atoms with E-state index in [4.69, 9.17) is 9.26 Å². The van der Waals surface area contributed by atoms with Crippen molar-refractivity contribution in [2.75, 3.05) is 46.4 Å². The van der Waals surface area contributed by atoms with E-state index in [1.54, 1.807) is 7.11 Å². The van der Waals surface area contributed by atoms with Crippen LogP contribution in [-0.2, 0) is 17.8 Å². The van der Waals surface area contributed by atoms with Crippen molar-refractivity contribution in [3.05, 3.63) is 47.3 Å². The van der Waals surface area contributed by atoms with Crippen LogP contribution in [0.2, 0.25) is 0 Å². The molecular weight excluding hydrogens is 344 g/mol. The molecule has 1 N–H and O–H groups in total. The molecule has 2 aromatic rings. The maximum atomic E-state index is 12.2. The normalized spacial score (nSPS) is 15.6. The van der Waals surface area contributed by atoms with E-state index in [0.717, 1.165) is 61.9 Å². The van der Waals surface area contributed by atoms with Crippen LogP contribution < -0.4 is 10.1 Å². The van der Waals surface area contributed by atoms with Crippen molar-refractivity contribution in [3.8, 4) is 5.75 Å². The van der Waals surface area contributed by atoms with E-state index in [1.807, 2.05) is 37.3 Å². The van der Waals surface area contributed by atoms with Crippen LogP contribution in [-0.4, -0.2) is 67.2 Å². The van der Waals surface area contributed by atoms with Gasteiger partial charge < -0.3 is 14.6 Å². The quantitative estimate of drug-likeness (QED) is 0.757. The summed E-state index contributed by atoms with van der Waals surface area (Å²) in [6, 6.07) is 9.88. The molecule has 7 heteroatoms. The van der Waals surface area contributed by atoms with Gasteiger partial charge in [-0.25, -0.2) is 0 Å². The number of aryl methyl sites for hydroxylation is 1. The topological polar surface area (TPSA) is 70.8 Å². The predicted octanol–water partition coefficient (Wildman–Crippen LogP) is 1.47. The van der Waals surface area contributed by atoms with E-state index in [2.05, 4.69) is 20.3 Å². The Hall–Kier alpha value is -2.38. The lowest BCUT2D eigenvalue weighted by Gasteiger charge is -2.33. The van der Waals surface area contributed by atoms with Crippen LogP contribution in [0, 0.1) is 6.92 Å². The summed E-state index contributed by atoms with van der Waals surface area (Å²) in [6.07, 6.45) is 0.764. The van der Waals surface area contributed by atoms with Crippen molar-refractivity contribution >= 4 is 5.91 Å². The van der Waals surface area contributed by atoms with Crippen LogP contribution in [0.3, 0.4) is 0 Å². The summed E-state index contributed by atoms with van der Waals surface area (Å²) < 4.78 is 10.6. The number of nitrogens with one attached hydrogen (secondary N) is 1. The third-order valence-electron chi connectivity index (χ3n) is 4.80. The van der Waals surface area contributed by atoms with Gasteiger partial charge in [-0.2, -0.15) is 0 Å². The molecule has 2 heterocycles. The van der Waals surface area contributed by atoms with Crippen molar-refractivity contribution in [1.82, 2.24) is 20.3 Å². The van der Waals surface area contributed by atoms with Crippen molar-refractivity contribution in [2.24, 2.45) is 0 Å². The molecule has 1 aromatic heterocycles. The first-order chi connectivity index (χ1) is 13.1. The number of hydrogen-bond acceptors (Lipinski definition) is 6. The first kappa shape index (κ1) is 19.4. The lowest BCUT2D eigenvalue weighted by atomic mass is 10.1. The number of piperazine rings is 1. The van der Waals surface area contributed by atoms with Crippen LogP contribution >= 0.6 is 0 Å². The number of aromatic nitrogens is 1. The molecule has 1 aliphatic rings. The minimum Gasteiger partial charge on any atom is -0.496 e. The van der Waals surface area contributed by atoms with Crippen molar-refractivity contribution in [2.45, 2.75) is 19.9 Å². The first-order valence-corrected chi connectivity index (χ1v) is 9.39. The van der Waals surface area contributed by atoms with Crippen molar-refractivity contribution in [3.63, 3.8) is 0 Å². The second-order valence-electron chi connectivity index (χ2n) is 6.90. The Labute approximate surface area is 160 Å². The number of carbonyl (C=O) groups is 1. The zero-order valence-electron chi connectivity index (χ0n) is 16.1. The van der Waals surface area contributed by atoms with Gasteiger partial charge in [0, 0.05) is 38.8 Å². The third kappa shape index (κ3) is 5.80. The van der Waals surface area contributed by atoms with Gasteiger partial charge in [-0.3, -0.25) is 14.6 Å². The molecule has 0 bridgehead atoms. The molecule has 0 unspecified atom stereocenters. The van der Waals surface area contributed by atoms with Gasteiger partial charge in [-0.1, -0.05) is 23.4 Å². The van der Waals surface area contributed by atoms with Crippen LogP contribution in [0.25, 0.3) is 0 Å². The van der Waals surface area contributed by atoms with Gasteiger partial charge in [0.15, 0.2) is 5.76 Å². The summed E-state index contributed by atoms with van der Waals surface area (Å²) >= 11 is 0. The van der Waals surface area contributed by atoms with Gasteiger partial charge in [-0.15, -0.1) is 0 Å². The highest BCUT2D eigenvalue weighted by Crippen LogP contribution is 2.17. The summed E-state index contributed by atoms with van der Waals surface area (Å²) in [4.78, 5) is 16.7. The fourth-order valence-corrected chi connectivity index (χ4v) is 3.32. The molecule has 0 radical (unpaired) electrons. The molecule has 0 spiro atoms. The molecule has 0 atom stereocenters. The smallest absolute Gasteiger partial charge is 0.234 e. The van der Waals surface area contributed by atoms with Gasteiger partial charge in [0.25, 0.3) is 0 Å². The Kier molecular flexibility index (Phi) is 6.84. The Morgan fingerprint density at radius 3 is 2.67 bits per heavy atom. The molecule has 1 fully saturated rings. The fourth-order valence-electron chi connectivity index (χ4n) is 3.32. The molecule has 7 nitrogen and oxygen atoms in total. The number of carbonyl (C=O) groups excluding carboxylic acids is 1. The third-order valence-corrected chi connectivity index (χ3v) is 4.80. The minimum atomic E-state index is 0.0733. The predicted molar refractivity (Wildman–Crippen MR) is 103 cm³/mol. The summed E-state index contributed by atoms with van der Waals surface area (Å²) in [5, 5.41) is 6.94. The number of benzene rings is 1. The van der Waals surface area contributed by atoms with Crippen LogP contribution in [0.15, 0.2) is 34.9 Å². The van der Waals surface area contributed by atoms with Crippen molar-refractivity contribution < 1.29 is 14.1 Å². The minimum absolute atomic E-state index is 0.0733. The van der Waals surface area contributed by atoms with E-state index >= 15 is 0 Å². The summed E-state index contributed by atoms with van der Waals surface area (Å²) in [5.74, 6) is 1.84. The molecular formula is C20H28N4O3. The first-order valence-electron chi connectivity index (χ1n) is 9.39. The van der Waals surface area contributed by atoms with Gasteiger partial charge in [0.2, 0.25) is 5.91 Å². The average Bonchev–Trinajstić information content (AvgIpc) is 3.08. The highest BCUT2D eigenvalue weighted by molar-refractivity contribution is 5.78. The zero-order valence-corrected chi connectivity index (χ0v) is 16.1. The maximum Gasteiger partial charge on any atom is 0.234 e. The standard InChI is InChI=1S/C20H28N4O3/c1-16-13-18(27-22-16)14-23-9-11-24(12-10-23)15-20(25)21-8-7-17-5-3-4-6-19(17)26-2/h3-6,13H,7-12,14-15H2,1-2H3,(H,21,25). The van der Waals surface area contributed by atoms with E-state index in [1.165, 1.54) is 0 Å². The van der Waals surface area contributed by atoms with E-state index in [0.29, 0.717) is 13.1 Å². The summed E-state index contributed by atoms with van der Waals surface area (Å²) in [6.45, 7) is 7.38. The molecule has 1 amide bonds. The molecule has 0 aliphatic carbocycles. The number of nitrogens with zero attached hydrogens (tertiary/aromatic N) is 3. The molecule has 27 heavy (non-hydrogen) atoms. The van der Waals surface area contributed by atoms with E-state index in [-0.39, 0.29) is 5.91 Å². The highest BCUT2D eigenvalue weighted by atomic mass is 16.5. The Bertz CT molecular complexity index is 738. The Morgan fingerprint density at radius 2 is 1.96 bits per heavy atom. The van der Waals surface area contributed by atoms with Crippen LogP contribution in [0.1, 0.15) is 17.0 Å². The van der Waals surface area contributed by atoms with Gasteiger partial charge >= 0.3 is 0 Å². The van der Waals surface area contributed by atoms with Gasteiger partial charge in [0.05, 0.1) is 25.9 Å². The summed E-state index contributed by atoms with van der Waals surface area (Å²) in [5.41, 5.74) is 2.02. The average molecular weight is 372 g/mol. The summed E-state index contributed by atoms with van der Waals surface area (Å²) in [7, 11) is 1.67. The highest BCUT2D eigenvalue weighted by Gasteiger charge is 2.20. The van der Waals surface area contributed by atoms with Crippen LogP contribution in [0.5, 0.6) is 5.75 Å². The van der Waals surface area contributed by atoms with E-state index in [9.17, 15) is 4.79 Å². The molecule has 1 aliphatic heterocycles. The number of ether oxygens (including phenoxy) is 1. The number of hydrogen-bond donors (Lipinski definition) is 1. The SMILES string of the molecule is COc1ccccc1CCNC(=O)CN1CCN(Cc2cc(C)no2)CC1. The van der Waals surface area contributed by atoms with E-state index < -0.39 is 0 Å². The van der Waals surface area contributed by atoms with Gasteiger partial charge in [0.1, 0.15) is 5.75 Å². The molecule has 146 valence electrons. The number of amides is 1. The zero-order chi connectivity index (χ0) is 19.1. The lowest BCUT2D eigenvalue weighted by molar-refractivity contribution is -0.122. The molecule has 0 saturated carbocycles. The Balaban J connectivity index is 1.34. The molecule has 3 rings (SSSR count). The largest absolute Gasteiger partial charge is 0.496 e. The monoisotopic (exact) mass is 372 g/mol. The lowest BCUT2D eigenvalue weighted by Crippen LogP contribution is -2.49. The van der Waals surface area contributed by atoms with Crippen LogP contribution in [0.4, 0.5) is 0 Å². The van der Waals surface area contributed by atoms with Gasteiger partial charge in [-0.05, 0) is 25.0 Å². The number of rotatable bonds is 8. The number of para-hydroxylation sites is 1. The second kappa shape index (κ2) is 9.53. The number of methoxy groups -OCH3 is 1. The fraction of sp³-hybridized carbons (Fsp3) is 0.500. The Morgan fingerprint density at radius 1 is 1.22 bits per heavy atom. The van der Waals surface area contributed by atoms with Crippen molar-refractivity contribution in [1.29, 1.82) is 0 Å².